The van der Waals surface area contributed by atoms with Crippen LogP contribution in [0.3, 0.4) is 0 Å². The van der Waals surface area contributed by atoms with Gasteiger partial charge in [0.2, 0.25) is 10.0 Å². The third kappa shape index (κ3) is 5.58. The van der Waals surface area contributed by atoms with Gasteiger partial charge < -0.3 is 10.1 Å². The summed E-state index contributed by atoms with van der Waals surface area (Å²) in [4.78, 5) is 11.8. The Morgan fingerprint density at radius 2 is 1.85 bits per heavy atom. The quantitative estimate of drug-likeness (QED) is 0.778. The molecular weight excluding hydrogens is 280 g/mol. The third-order valence-corrected chi connectivity index (χ3v) is 4.00. The second kappa shape index (κ2) is 7.25. The second-order valence-electron chi connectivity index (χ2n) is 4.58. The maximum absolute atomic E-state index is 11.8. The summed E-state index contributed by atoms with van der Waals surface area (Å²) in [6.07, 6.45) is 0. The number of nitrogens with one attached hydrogen (secondary N) is 2. The summed E-state index contributed by atoms with van der Waals surface area (Å²) in [6.45, 7) is 3.55. The van der Waals surface area contributed by atoms with E-state index < -0.39 is 10.0 Å². The summed E-state index contributed by atoms with van der Waals surface area (Å²) in [5.41, 5.74) is 0.458. The Morgan fingerprint density at radius 3 is 2.35 bits per heavy atom. The molecule has 20 heavy (non-hydrogen) atoms. The lowest BCUT2D eigenvalue weighted by Crippen LogP contribution is -2.37. The topological polar surface area (TPSA) is 84.5 Å². The molecule has 2 N–H and O–H groups in total. The predicted octanol–water partition coefficient (Wildman–Crippen LogP) is 0.753. The van der Waals surface area contributed by atoms with Gasteiger partial charge in [-0.2, -0.15) is 0 Å². The standard InChI is InChI=1S/C13H20N2O4S/c1-10(2)15-20(17,18)9-8-14-13(16)11-4-6-12(19-3)7-5-11/h4-7,10,15H,8-9H2,1-3H3,(H,14,16). The number of sulfonamides is 1. The summed E-state index contributed by atoms with van der Waals surface area (Å²) >= 11 is 0. The molecule has 0 saturated carbocycles. The SMILES string of the molecule is COc1ccc(C(=O)NCCS(=O)(=O)NC(C)C)cc1. The van der Waals surface area contributed by atoms with Crippen LogP contribution in [0.15, 0.2) is 24.3 Å². The van der Waals surface area contributed by atoms with Gasteiger partial charge in [0.25, 0.3) is 5.91 Å². The molecule has 0 spiro atoms. The van der Waals surface area contributed by atoms with Crippen LogP contribution >= 0.6 is 0 Å². The van der Waals surface area contributed by atoms with Gasteiger partial charge in [0.1, 0.15) is 5.75 Å². The third-order valence-electron chi connectivity index (χ3n) is 2.42. The molecule has 1 rings (SSSR count). The molecule has 1 aromatic rings. The molecule has 0 aromatic heterocycles. The molecule has 0 aliphatic carbocycles. The Morgan fingerprint density at radius 1 is 1.25 bits per heavy atom. The first-order valence-electron chi connectivity index (χ1n) is 6.26. The fraction of sp³-hybridized carbons (Fsp3) is 0.462. The Hall–Kier alpha value is -1.60. The van der Waals surface area contributed by atoms with Crippen molar-refractivity contribution in [2.24, 2.45) is 0 Å². The van der Waals surface area contributed by atoms with E-state index in [1.54, 1.807) is 45.2 Å². The number of hydrogen-bond acceptors (Lipinski definition) is 4. The summed E-state index contributed by atoms with van der Waals surface area (Å²) in [5.74, 6) is 0.199. The van der Waals surface area contributed by atoms with Crippen LogP contribution in [0.25, 0.3) is 0 Å². The van der Waals surface area contributed by atoms with Crippen molar-refractivity contribution < 1.29 is 17.9 Å². The summed E-state index contributed by atoms with van der Waals surface area (Å²) in [7, 11) is -1.81. The molecule has 0 aliphatic rings. The van der Waals surface area contributed by atoms with Crippen molar-refractivity contribution in [3.63, 3.8) is 0 Å². The van der Waals surface area contributed by atoms with Crippen molar-refractivity contribution in [2.75, 3.05) is 19.4 Å². The van der Waals surface area contributed by atoms with Gasteiger partial charge in [0.15, 0.2) is 0 Å². The molecule has 0 saturated heterocycles. The van der Waals surface area contributed by atoms with E-state index in [-0.39, 0.29) is 24.2 Å². The predicted molar refractivity (Wildman–Crippen MR) is 77.4 cm³/mol. The molecule has 0 aliphatic heterocycles. The van der Waals surface area contributed by atoms with Gasteiger partial charge in [0, 0.05) is 18.2 Å². The number of rotatable bonds is 7. The van der Waals surface area contributed by atoms with Crippen LogP contribution in [0.5, 0.6) is 5.75 Å². The molecule has 0 heterocycles. The number of ether oxygens (including phenoxy) is 1. The molecule has 0 atom stereocenters. The van der Waals surface area contributed by atoms with Gasteiger partial charge in [-0.1, -0.05) is 0 Å². The summed E-state index contributed by atoms with van der Waals surface area (Å²) in [5, 5.41) is 2.57. The van der Waals surface area contributed by atoms with Crippen LogP contribution in [0.1, 0.15) is 24.2 Å². The first-order chi connectivity index (χ1) is 9.34. The molecule has 0 radical (unpaired) electrons. The maximum atomic E-state index is 11.8. The lowest BCUT2D eigenvalue weighted by atomic mass is 10.2. The van der Waals surface area contributed by atoms with E-state index in [2.05, 4.69) is 10.0 Å². The molecule has 0 unspecified atom stereocenters. The van der Waals surface area contributed by atoms with Gasteiger partial charge in [-0.3, -0.25) is 4.79 Å². The smallest absolute Gasteiger partial charge is 0.251 e. The highest BCUT2D eigenvalue weighted by atomic mass is 32.2. The normalized spacial score (nSPS) is 11.4. The van der Waals surface area contributed by atoms with Crippen molar-refractivity contribution in [3.05, 3.63) is 29.8 Å². The average Bonchev–Trinajstić information content (AvgIpc) is 2.37. The molecule has 1 amide bonds. The summed E-state index contributed by atoms with van der Waals surface area (Å²) in [6, 6.07) is 6.43. The fourth-order valence-electron chi connectivity index (χ4n) is 1.56. The highest BCUT2D eigenvalue weighted by Crippen LogP contribution is 2.10. The van der Waals surface area contributed by atoms with Crippen LogP contribution in [0.2, 0.25) is 0 Å². The Balaban J connectivity index is 2.47. The zero-order valence-corrected chi connectivity index (χ0v) is 12.7. The molecule has 6 nitrogen and oxygen atoms in total. The Bertz CT molecular complexity index is 538. The number of hydrogen-bond donors (Lipinski definition) is 2. The van der Waals surface area contributed by atoms with Crippen molar-refractivity contribution >= 4 is 15.9 Å². The number of benzene rings is 1. The van der Waals surface area contributed by atoms with Crippen LogP contribution in [0.4, 0.5) is 0 Å². The van der Waals surface area contributed by atoms with E-state index in [0.29, 0.717) is 11.3 Å². The molecule has 0 fully saturated rings. The monoisotopic (exact) mass is 300 g/mol. The van der Waals surface area contributed by atoms with Crippen LogP contribution < -0.4 is 14.8 Å². The van der Waals surface area contributed by atoms with Gasteiger partial charge in [-0.05, 0) is 38.1 Å². The van der Waals surface area contributed by atoms with Gasteiger partial charge in [-0.15, -0.1) is 0 Å². The van der Waals surface area contributed by atoms with E-state index in [9.17, 15) is 13.2 Å². The highest BCUT2D eigenvalue weighted by Gasteiger charge is 2.12. The van der Waals surface area contributed by atoms with E-state index in [1.165, 1.54) is 0 Å². The number of carbonyl (C=O) groups excluding carboxylic acids is 1. The van der Waals surface area contributed by atoms with Crippen LogP contribution in [-0.4, -0.2) is 39.8 Å². The number of amides is 1. The minimum atomic E-state index is -3.35. The first-order valence-corrected chi connectivity index (χ1v) is 7.91. The Labute approximate surface area is 119 Å². The zero-order chi connectivity index (χ0) is 15.2. The van der Waals surface area contributed by atoms with Crippen LogP contribution in [0, 0.1) is 0 Å². The molecule has 0 bridgehead atoms. The van der Waals surface area contributed by atoms with Crippen molar-refractivity contribution in [1.82, 2.24) is 10.0 Å². The lowest BCUT2D eigenvalue weighted by Gasteiger charge is -2.10. The molecule has 1 aromatic carbocycles. The number of methoxy groups -OCH3 is 1. The Kier molecular flexibility index (Phi) is 5.97. The summed E-state index contributed by atoms with van der Waals surface area (Å²) < 4.78 is 30.6. The van der Waals surface area contributed by atoms with E-state index >= 15 is 0 Å². The highest BCUT2D eigenvalue weighted by molar-refractivity contribution is 7.89. The maximum Gasteiger partial charge on any atom is 0.251 e. The van der Waals surface area contributed by atoms with Crippen molar-refractivity contribution in [1.29, 1.82) is 0 Å². The second-order valence-corrected chi connectivity index (χ2v) is 6.45. The number of carbonyl (C=O) groups is 1. The van der Waals surface area contributed by atoms with E-state index in [4.69, 9.17) is 4.74 Å². The molecular formula is C13H20N2O4S. The first kappa shape index (κ1) is 16.5. The lowest BCUT2D eigenvalue weighted by molar-refractivity contribution is 0.0956. The van der Waals surface area contributed by atoms with Gasteiger partial charge >= 0.3 is 0 Å². The van der Waals surface area contributed by atoms with Crippen molar-refractivity contribution in [3.8, 4) is 5.75 Å². The van der Waals surface area contributed by atoms with E-state index in [1.807, 2.05) is 0 Å². The minimum absolute atomic E-state index is 0.0624. The molecule has 7 heteroatoms. The average molecular weight is 300 g/mol. The minimum Gasteiger partial charge on any atom is -0.497 e. The largest absolute Gasteiger partial charge is 0.497 e. The van der Waals surface area contributed by atoms with Gasteiger partial charge in [-0.25, -0.2) is 13.1 Å². The zero-order valence-electron chi connectivity index (χ0n) is 11.8. The molecule has 112 valence electrons. The van der Waals surface area contributed by atoms with Crippen LogP contribution in [-0.2, 0) is 10.0 Å². The van der Waals surface area contributed by atoms with E-state index in [0.717, 1.165) is 0 Å². The van der Waals surface area contributed by atoms with Crippen molar-refractivity contribution in [2.45, 2.75) is 19.9 Å². The van der Waals surface area contributed by atoms with Gasteiger partial charge in [0.05, 0.1) is 12.9 Å². The fourth-order valence-corrected chi connectivity index (χ4v) is 2.77.